The van der Waals surface area contributed by atoms with Gasteiger partial charge in [0.05, 0.1) is 6.10 Å². The van der Waals surface area contributed by atoms with Crippen LogP contribution in [-0.4, -0.2) is 70.5 Å². The van der Waals surface area contributed by atoms with E-state index in [9.17, 15) is 31.4 Å². The zero-order valence-corrected chi connectivity index (χ0v) is 19.2. The lowest BCUT2D eigenvalue weighted by Crippen LogP contribution is -2.27. The van der Waals surface area contributed by atoms with E-state index in [-0.39, 0.29) is 11.7 Å². The highest BCUT2D eigenvalue weighted by Gasteiger charge is 2.38. The van der Waals surface area contributed by atoms with Gasteiger partial charge in [-0.25, -0.2) is 9.59 Å². The second-order valence-corrected chi connectivity index (χ2v) is 7.00. The normalized spacial score (nSPS) is 11.4. The summed E-state index contributed by atoms with van der Waals surface area (Å²) < 4.78 is 63.5. The third-order valence-corrected chi connectivity index (χ3v) is 3.96. The summed E-state index contributed by atoms with van der Waals surface area (Å²) in [6.07, 6.45) is -10.7. The molecule has 2 aromatic carbocycles. The van der Waals surface area contributed by atoms with E-state index in [0.717, 1.165) is 11.4 Å². The molecule has 0 fully saturated rings. The number of benzene rings is 2. The van der Waals surface area contributed by atoms with Crippen LogP contribution in [0.4, 0.5) is 37.7 Å². The lowest BCUT2D eigenvalue weighted by molar-refractivity contribution is -0.193. The number of aliphatic hydroxyl groups excluding tert-OH is 1. The Morgan fingerprint density at radius 3 is 1.13 bits per heavy atom. The number of aliphatic hydroxyl groups is 1. The molecular weight excluding hydrogens is 530 g/mol. The first-order valence-corrected chi connectivity index (χ1v) is 9.99. The summed E-state index contributed by atoms with van der Waals surface area (Å²) in [4.78, 5) is 17.8. The van der Waals surface area contributed by atoms with Crippen LogP contribution < -0.4 is 22.1 Å². The maximum Gasteiger partial charge on any atom is 0.490 e. The number of carbonyl (C=O) groups is 2. The largest absolute Gasteiger partial charge is 0.490 e. The fraction of sp³-hybridized carbons (Fsp3) is 0.238. The molecule has 0 heterocycles. The SMILES string of the molecule is N=C(N)c1ccc(NCC(O)CNc2ccc(C(=N)N)cc2)cc1.O=C(O)C(F)(F)F.O=C(O)C(F)(F)F. The first-order valence-electron chi connectivity index (χ1n) is 9.99. The average molecular weight is 554 g/mol. The molecule has 0 aliphatic rings. The molecule has 2 aromatic rings. The van der Waals surface area contributed by atoms with E-state index in [0.29, 0.717) is 24.2 Å². The number of carboxylic acid groups (broad SMARTS) is 2. The van der Waals surface area contributed by atoms with Crippen LogP contribution in [0.1, 0.15) is 11.1 Å². The van der Waals surface area contributed by atoms with Gasteiger partial charge in [-0.1, -0.05) is 0 Å². The number of alkyl halides is 6. The van der Waals surface area contributed by atoms with Gasteiger partial charge in [-0.2, -0.15) is 26.3 Å². The van der Waals surface area contributed by atoms with Crippen LogP contribution in [0.2, 0.25) is 0 Å². The van der Waals surface area contributed by atoms with Gasteiger partial charge >= 0.3 is 24.3 Å². The molecule has 38 heavy (non-hydrogen) atoms. The molecule has 0 saturated carbocycles. The Kier molecular flexibility index (Phi) is 13.1. The number of aliphatic carboxylic acids is 2. The summed E-state index contributed by atoms with van der Waals surface area (Å²) in [7, 11) is 0. The smallest absolute Gasteiger partial charge is 0.475 e. The summed E-state index contributed by atoms with van der Waals surface area (Å²) >= 11 is 0. The molecule has 0 unspecified atom stereocenters. The Hall–Kier alpha value is -4.54. The molecule has 0 atom stereocenters. The third kappa shape index (κ3) is 14.1. The number of amidine groups is 2. The van der Waals surface area contributed by atoms with Crippen LogP contribution in [0.3, 0.4) is 0 Å². The van der Waals surface area contributed by atoms with Crippen molar-refractivity contribution in [2.75, 3.05) is 23.7 Å². The third-order valence-electron chi connectivity index (χ3n) is 3.96. The van der Waals surface area contributed by atoms with Gasteiger partial charge in [-0.05, 0) is 48.5 Å². The number of carboxylic acids is 2. The quantitative estimate of drug-likeness (QED) is 0.133. The highest BCUT2D eigenvalue weighted by atomic mass is 19.4. The second kappa shape index (κ2) is 14.9. The van der Waals surface area contributed by atoms with E-state index in [1.54, 1.807) is 24.3 Å². The molecule has 210 valence electrons. The standard InChI is InChI=1S/C17H22N6O.2C2HF3O2/c18-16(19)11-1-5-13(6-2-11)22-9-15(24)10-23-14-7-3-12(4-8-14)17(20)21;2*3-2(4,5)1(6)7/h1-8,15,22-24H,9-10H2,(H3,18,19)(H3,20,21);2*(H,6,7). The van der Waals surface area contributed by atoms with Crippen molar-refractivity contribution in [1.82, 2.24) is 0 Å². The summed E-state index contributed by atoms with van der Waals surface area (Å²) in [5.74, 6) is -5.46. The first kappa shape index (κ1) is 33.5. The number of halogens is 6. The Bertz CT molecular complexity index is 990. The zero-order chi connectivity index (χ0) is 29.7. The molecule has 0 saturated heterocycles. The number of anilines is 2. The summed E-state index contributed by atoms with van der Waals surface area (Å²) in [5.41, 5.74) is 13.8. The topological polar surface area (TPSA) is 219 Å². The highest BCUT2D eigenvalue weighted by Crippen LogP contribution is 2.14. The molecule has 0 aromatic heterocycles. The van der Waals surface area contributed by atoms with Crippen LogP contribution in [0.5, 0.6) is 0 Å². The average Bonchev–Trinajstić information content (AvgIpc) is 2.81. The van der Waals surface area contributed by atoms with E-state index in [4.69, 9.17) is 42.1 Å². The van der Waals surface area contributed by atoms with Crippen molar-refractivity contribution in [2.45, 2.75) is 18.5 Å². The minimum absolute atomic E-state index is 0.0292. The summed E-state index contributed by atoms with van der Waals surface area (Å²) in [5, 5.41) is 45.2. The van der Waals surface area contributed by atoms with Crippen molar-refractivity contribution in [1.29, 1.82) is 10.8 Å². The number of nitrogens with one attached hydrogen (secondary N) is 4. The molecule has 0 aliphatic carbocycles. The van der Waals surface area contributed by atoms with Crippen LogP contribution in [0.15, 0.2) is 48.5 Å². The summed E-state index contributed by atoms with van der Waals surface area (Å²) in [6.45, 7) is 0.774. The summed E-state index contributed by atoms with van der Waals surface area (Å²) in [6, 6.07) is 14.3. The van der Waals surface area contributed by atoms with E-state index in [1.165, 1.54) is 0 Å². The fourth-order valence-corrected chi connectivity index (χ4v) is 2.08. The van der Waals surface area contributed by atoms with Crippen molar-refractivity contribution < 1.29 is 51.3 Å². The van der Waals surface area contributed by atoms with Gasteiger partial charge in [0.1, 0.15) is 11.7 Å². The second-order valence-electron chi connectivity index (χ2n) is 7.00. The Morgan fingerprint density at radius 2 is 0.947 bits per heavy atom. The van der Waals surface area contributed by atoms with Crippen molar-refractivity contribution in [2.24, 2.45) is 11.5 Å². The monoisotopic (exact) mass is 554 g/mol. The number of hydrogen-bond donors (Lipinski definition) is 9. The lowest BCUT2D eigenvalue weighted by Gasteiger charge is -2.15. The van der Waals surface area contributed by atoms with E-state index in [2.05, 4.69) is 10.6 Å². The van der Waals surface area contributed by atoms with Gasteiger partial charge in [-0.3, -0.25) is 10.8 Å². The maximum atomic E-state index is 10.6. The van der Waals surface area contributed by atoms with Gasteiger partial charge in [0, 0.05) is 35.6 Å². The van der Waals surface area contributed by atoms with Crippen LogP contribution in [-0.2, 0) is 9.59 Å². The zero-order valence-electron chi connectivity index (χ0n) is 19.2. The van der Waals surface area contributed by atoms with Gasteiger partial charge in [0.2, 0.25) is 0 Å². The molecule has 0 aliphatic heterocycles. The predicted molar refractivity (Wildman–Crippen MR) is 125 cm³/mol. The van der Waals surface area contributed by atoms with Gasteiger partial charge in [0.15, 0.2) is 0 Å². The lowest BCUT2D eigenvalue weighted by atomic mass is 10.2. The molecule has 0 radical (unpaired) electrons. The van der Waals surface area contributed by atoms with Crippen molar-refractivity contribution in [3.8, 4) is 0 Å². The number of nitrogens with two attached hydrogens (primary N) is 2. The molecule has 0 amide bonds. The fourth-order valence-electron chi connectivity index (χ4n) is 2.08. The van der Waals surface area contributed by atoms with Crippen LogP contribution in [0, 0.1) is 10.8 Å². The Balaban J connectivity index is 0.000000804. The van der Waals surface area contributed by atoms with E-state index >= 15 is 0 Å². The van der Waals surface area contributed by atoms with Gasteiger partial charge < -0.3 is 37.4 Å². The number of nitrogen functional groups attached to an aromatic ring is 2. The number of rotatable bonds is 8. The van der Waals surface area contributed by atoms with Crippen molar-refractivity contribution in [3.05, 3.63) is 59.7 Å². The van der Waals surface area contributed by atoms with Gasteiger partial charge in [-0.15, -0.1) is 0 Å². The Labute approximate surface area is 211 Å². The maximum absolute atomic E-state index is 10.6. The highest BCUT2D eigenvalue weighted by molar-refractivity contribution is 5.95. The van der Waals surface area contributed by atoms with Gasteiger partial charge in [0.25, 0.3) is 0 Å². The van der Waals surface area contributed by atoms with Crippen molar-refractivity contribution >= 4 is 35.0 Å². The first-order chi connectivity index (χ1) is 17.3. The predicted octanol–water partition coefficient (Wildman–Crippen LogP) is 2.41. The van der Waals surface area contributed by atoms with Crippen LogP contribution in [0.25, 0.3) is 0 Å². The molecule has 0 bridgehead atoms. The molecule has 2 rings (SSSR count). The Morgan fingerprint density at radius 1 is 0.711 bits per heavy atom. The number of hydrogen-bond acceptors (Lipinski definition) is 7. The molecule has 11 N–H and O–H groups in total. The minimum Gasteiger partial charge on any atom is -0.475 e. The molecule has 11 nitrogen and oxygen atoms in total. The van der Waals surface area contributed by atoms with Crippen LogP contribution >= 0.6 is 0 Å². The molecule has 17 heteroatoms. The minimum atomic E-state index is -5.08. The van der Waals surface area contributed by atoms with E-state index < -0.39 is 30.4 Å². The molecule has 0 spiro atoms. The van der Waals surface area contributed by atoms with E-state index in [1.807, 2.05) is 24.3 Å². The molecular formula is C21H24F6N6O5. The van der Waals surface area contributed by atoms with Crippen molar-refractivity contribution in [3.63, 3.8) is 0 Å².